The van der Waals surface area contributed by atoms with Crippen molar-refractivity contribution in [2.24, 2.45) is 0 Å². The van der Waals surface area contributed by atoms with Crippen LogP contribution in [0.1, 0.15) is 20.4 Å². The fourth-order valence-electron chi connectivity index (χ4n) is 2.05. The molecule has 3 heterocycles. The van der Waals surface area contributed by atoms with E-state index < -0.39 is 0 Å². The second-order valence-electron chi connectivity index (χ2n) is 4.88. The summed E-state index contributed by atoms with van der Waals surface area (Å²) in [6.45, 7) is 2.56. The maximum absolute atomic E-state index is 12.0. The zero-order valence-electron chi connectivity index (χ0n) is 12.4. The van der Waals surface area contributed by atoms with Crippen molar-refractivity contribution in [3.05, 3.63) is 56.4 Å². The van der Waals surface area contributed by atoms with Gasteiger partial charge in [-0.05, 0) is 37.6 Å². The fourth-order valence-corrected chi connectivity index (χ4v) is 3.86. The van der Waals surface area contributed by atoms with Crippen LogP contribution in [-0.4, -0.2) is 22.4 Å². The summed E-state index contributed by atoms with van der Waals surface area (Å²) >= 11 is 9.21. The Morgan fingerprint density at radius 3 is 2.96 bits per heavy atom. The average molecular weight is 364 g/mol. The minimum absolute atomic E-state index is 0.209. The summed E-state index contributed by atoms with van der Waals surface area (Å²) < 4.78 is 0. The quantitative estimate of drug-likeness (QED) is 0.739. The lowest BCUT2D eigenvalue weighted by Crippen LogP contribution is -2.26. The molecule has 0 aliphatic carbocycles. The van der Waals surface area contributed by atoms with Gasteiger partial charge in [-0.15, -0.1) is 22.7 Å². The molecule has 0 spiro atoms. The van der Waals surface area contributed by atoms with Crippen LogP contribution in [0, 0.1) is 6.92 Å². The molecule has 0 unspecified atom stereocenters. The van der Waals surface area contributed by atoms with Gasteiger partial charge in [0.2, 0.25) is 0 Å². The van der Waals surface area contributed by atoms with E-state index in [1.54, 1.807) is 34.8 Å². The molecule has 0 bridgehead atoms. The van der Waals surface area contributed by atoms with Gasteiger partial charge in [0.15, 0.2) is 0 Å². The van der Waals surface area contributed by atoms with E-state index in [4.69, 9.17) is 11.6 Å². The van der Waals surface area contributed by atoms with Crippen molar-refractivity contribution in [2.45, 2.75) is 13.3 Å². The van der Waals surface area contributed by atoms with Gasteiger partial charge >= 0.3 is 0 Å². The molecule has 0 aliphatic heterocycles. The first-order valence-electron chi connectivity index (χ1n) is 7.03. The topological polar surface area (TPSA) is 54.9 Å². The van der Waals surface area contributed by atoms with Crippen LogP contribution in [0.3, 0.4) is 0 Å². The molecule has 23 heavy (non-hydrogen) atoms. The molecule has 0 atom stereocenters. The summed E-state index contributed by atoms with van der Waals surface area (Å²) in [5.41, 5.74) is 1.36. The maximum Gasteiger partial charge on any atom is 0.269 e. The number of thiophene rings is 1. The van der Waals surface area contributed by atoms with Crippen molar-refractivity contribution >= 4 is 40.2 Å². The Bertz CT molecular complexity index is 828. The molecule has 0 radical (unpaired) electrons. The number of aryl methyl sites for hydroxylation is 1. The monoisotopic (exact) mass is 363 g/mol. The summed E-state index contributed by atoms with van der Waals surface area (Å²) in [6.07, 6.45) is 2.30. The number of carbonyl (C=O) groups is 1. The third kappa shape index (κ3) is 4.16. The first-order valence-corrected chi connectivity index (χ1v) is 9.10. The Morgan fingerprint density at radius 1 is 1.35 bits per heavy atom. The van der Waals surface area contributed by atoms with Crippen LogP contribution in [0.2, 0.25) is 5.02 Å². The lowest BCUT2D eigenvalue weighted by Gasteiger charge is -2.03. The number of amides is 1. The molecule has 0 saturated heterocycles. The van der Waals surface area contributed by atoms with E-state index in [0.29, 0.717) is 17.3 Å². The van der Waals surface area contributed by atoms with Gasteiger partial charge in [-0.1, -0.05) is 11.6 Å². The largest absolute Gasteiger partial charge is 0.350 e. The Hall–Kier alpha value is -1.76. The molecular formula is C16H14ClN3OS2. The van der Waals surface area contributed by atoms with Crippen molar-refractivity contribution in [1.29, 1.82) is 0 Å². The zero-order chi connectivity index (χ0) is 16.2. The van der Waals surface area contributed by atoms with Gasteiger partial charge in [-0.25, -0.2) is 4.98 Å². The Kier molecular flexibility index (Phi) is 5.05. The van der Waals surface area contributed by atoms with Crippen LogP contribution < -0.4 is 5.32 Å². The summed E-state index contributed by atoms with van der Waals surface area (Å²) in [7, 11) is 0. The summed E-state index contributed by atoms with van der Waals surface area (Å²) in [6, 6.07) is 7.36. The molecule has 0 aromatic carbocycles. The predicted molar refractivity (Wildman–Crippen MR) is 95.4 cm³/mol. The number of rotatable bonds is 5. The van der Waals surface area contributed by atoms with Crippen molar-refractivity contribution in [1.82, 2.24) is 15.3 Å². The van der Waals surface area contributed by atoms with Crippen molar-refractivity contribution in [3.8, 4) is 10.6 Å². The summed E-state index contributed by atoms with van der Waals surface area (Å²) in [5.74, 6) is -0.209. The van der Waals surface area contributed by atoms with Gasteiger partial charge in [-0.3, -0.25) is 9.78 Å². The molecule has 0 saturated carbocycles. The number of nitrogens with one attached hydrogen (secondary N) is 1. The van der Waals surface area contributed by atoms with E-state index in [-0.39, 0.29) is 5.91 Å². The highest BCUT2D eigenvalue weighted by Crippen LogP contribution is 2.29. The van der Waals surface area contributed by atoms with Crippen LogP contribution in [0.4, 0.5) is 0 Å². The SMILES string of the molecule is Cc1nc(-c2ccc(CCNC(=O)c3cc(Cl)ccn3)s2)cs1. The number of thiazole rings is 1. The Labute approximate surface area is 147 Å². The smallest absolute Gasteiger partial charge is 0.269 e. The van der Waals surface area contributed by atoms with Crippen LogP contribution in [0.25, 0.3) is 10.6 Å². The van der Waals surface area contributed by atoms with Gasteiger partial charge < -0.3 is 5.32 Å². The minimum Gasteiger partial charge on any atom is -0.350 e. The number of aromatic nitrogens is 2. The predicted octanol–water partition coefficient (Wildman–Crippen LogP) is 4.20. The van der Waals surface area contributed by atoms with E-state index in [0.717, 1.165) is 22.0 Å². The molecule has 1 N–H and O–H groups in total. The lowest BCUT2D eigenvalue weighted by molar-refractivity contribution is 0.0949. The maximum atomic E-state index is 12.0. The highest BCUT2D eigenvalue weighted by atomic mass is 35.5. The first kappa shape index (κ1) is 16.1. The van der Waals surface area contributed by atoms with Crippen LogP contribution >= 0.6 is 34.3 Å². The van der Waals surface area contributed by atoms with E-state index in [2.05, 4.69) is 32.8 Å². The average Bonchev–Trinajstić information content (AvgIpc) is 3.16. The van der Waals surface area contributed by atoms with E-state index in [1.165, 1.54) is 11.1 Å². The third-order valence-corrected chi connectivity index (χ3v) is 5.32. The standard InChI is InChI=1S/C16H14ClN3OS2/c1-10-20-14(9-22-10)15-3-2-12(23-15)5-7-19-16(21)13-8-11(17)4-6-18-13/h2-4,6,8-9H,5,7H2,1H3,(H,19,21). The van der Waals surface area contributed by atoms with Gasteiger partial charge in [-0.2, -0.15) is 0 Å². The minimum atomic E-state index is -0.209. The number of halogens is 1. The number of nitrogens with zero attached hydrogens (tertiary/aromatic N) is 2. The molecular weight excluding hydrogens is 350 g/mol. The van der Waals surface area contributed by atoms with Gasteiger partial charge in [0.1, 0.15) is 5.69 Å². The van der Waals surface area contributed by atoms with Gasteiger partial charge in [0.05, 0.1) is 15.6 Å². The molecule has 7 heteroatoms. The van der Waals surface area contributed by atoms with Crippen molar-refractivity contribution in [3.63, 3.8) is 0 Å². The van der Waals surface area contributed by atoms with Crippen LogP contribution in [0.5, 0.6) is 0 Å². The van der Waals surface area contributed by atoms with Crippen molar-refractivity contribution < 1.29 is 4.79 Å². The zero-order valence-corrected chi connectivity index (χ0v) is 14.8. The van der Waals surface area contributed by atoms with Gasteiger partial charge in [0.25, 0.3) is 5.91 Å². The fraction of sp³-hybridized carbons (Fsp3) is 0.188. The number of pyridine rings is 1. The molecule has 0 aliphatic rings. The van der Waals surface area contributed by atoms with E-state index in [1.807, 2.05) is 6.92 Å². The number of carbonyl (C=O) groups excluding carboxylic acids is 1. The highest BCUT2D eigenvalue weighted by molar-refractivity contribution is 7.16. The second kappa shape index (κ2) is 7.21. The molecule has 4 nitrogen and oxygen atoms in total. The molecule has 118 valence electrons. The van der Waals surface area contributed by atoms with E-state index >= 15 is 0 Å². The van der Waals surface area contributed by atoms with Gasteiger partial charge in [0, 0.05) is 28.0 Å². The second-order valence-corrected chi connectivity index (χ2v) is 7.55. The summed E-state index contributed by atoms with van der Waals surface area (Å²) in [4.78, 5) is 22.9. The Balaban J connectivity index is 1.55. The van der Waals surface area contributed by atoms with Crippen molar-refractivity contribution in [2.75, 3.05) is 6.54 Å². The highest BCUT2D eigenvalue weighted by Gasteiger charge is 2.09. The van der Waals surface area contributed by atoms with Crippen LogP contribution in [-0.2, 0) is 6.42 Å². The first-order chi connectivity index (χ1) is 11.1. The number of hydrogen-bond acceptors (Lipinski definition) is 5. The Morgan fingerprint density at radius 2 is 2.22 bits per heavy atom. The normalized spacial score (nSPS) is 10.7. The summed E-state index contributed by atoms with van der Waals surface area (Å²) in [5, 5.41) is 6.50. The third-order valence-electron chi connectivity index (χ3n) is 3.14. The molecule has 0 fully saturated rings. The lowest BCUT2D eigenvalue weighted by atomic mass is 10.3. The van der Waals surface area contributed by atoms with Crippen LogP contribution in [0.15, 0.2) is 35.8 Å². The molecule has 3 aromatic rings. The number of hydrogen-bond donors (Lipinski definition) is 1. The van der Waals surface area contributed by atoms with E-state index in [9.17, 15) is 4.79 Å². The molecule has 3 aromatic heterocycles. The molecule has 3 rings (SSSR count). The molecule has 1 amide bonds.